The van der Waals surface area contributed by atoms with E-state index in [-0.39, 0.29) is 49.2 Å². The number of hydrogen-bond acceptors (Lipinski definition) is 11. The monoisotopic (exact) mass is 651 g/mol. The van der Waals surface area contributed by atoms with Gasteiger partial charge in [-0.15, -0.1) is 0 Å². The van der Waals surface area contributed by atoms with E-state index in [4.69, 9.17) is 10.5 Å². The maximum Gasteiger partial charge on any atom is 0.391 e. The van der Waals surface area contributed by atoms with E-state index in [0.29, 0.717) is 0 Å². The van der Waals surface area contributed by atoms with Gasteiger partial charge in [0.05, 0.1) is 29.4 Å². The molecule has 0 radical (unpaired) electrons. The number of alkyl halides is 3. The first-order chi connectivity index (χ1) is 21.3. The van der Waals surface area contributed by atoms with Crippen LogP contribution in [0.2, 0.25) is 0 Å². The molecule has 2 saturated carbocycles. The van der Waals surface area contributed by atoms with Crippen molar-refractivity contribution in [1.29, 1.82) is 0 Å². The number of benzene rings is 1. The molecule has 0 aromatic heterocycles. The van der Waals surface area contributed by atoms with Crippen molar-refractivity contribution in [3.63, 3.8) is 0 Å². The number of aromatic hydroxyl groups is 1. The van der Waals surface area contributed by atoms with Crippen molar-refractivity contribution in [2.45, 2.75) is 63.1 Å². The smallest absolute Gasteiger partial charge is 0.391 e. The number of aliphatic hydroxyl groups is 1. The van der Waals surface area contributed by atoms with E-state index < -0.39 is 100 Å². The zero-order chi connectivity index (χ0) is 34.2. The summed E-state index contributed by atoms with van der Waals surface area (Å²) in [6.07, 6.45) is -6.10. The summed E-state index contributed by atoms with van der Waals surface area (Å²) in [5, 5.41) is 23.4. The van der Waals surface area contributed by atoms with Crippen molar-refractivity contribution in [1.82, 2.24) is 9.80 Å². The van der Waals surface area contributed by atoms with Crippen molar-refractivity contribution < 1.29 is 56.9 Å². The standard InChI is InChI=1S/C31H36F3N3O9/c1-12-16-6-5-14(11-37-9-7-15(8-10-37)31(32,33)34)23(39)18(16)24(40)19-17(12)26(46-13(2)38)21-22(36(3)4)25(41)20(29(35)44)28(43)30(21,45)27(19)42/h5-6,12,15,17,19-22,26,39,45H,7-11H2,1-4H3,(H2,35,44)/t12-,17+,19?,20?,21+,22-,26-,30-/m0/s1. The first-order valence-electron chi connectivity index (χ1n) is 15.0. The fraction of sp³-hybridized carbons (Fsp3) is 0.613. The number of nitrogens with zero attached hydrogens (tertiary/aromatic N) is 2. The minimum atomic E-state index is -4.31. The largest absolute Gasteiger partial charge is 0.507 e. The molecule has 0 bridgehead atoms. The normalized spacial score (nSPS) is 33.8. The number of carbonyl (C=O) groups excluding carboxylic acids is 6. The number of phenols is 1. The van der Waals surface area contributed by atoms with Crippen LogP contribution in [-0.4, -0.2) is 106 Å². The number of nitrogens with two attached hydrogens (primary N) is 1. The molecule has 250 valence electrons. The molecule has 15 heteroatoms. The molecule has 5 rings (SSSR count). The number of Topliss-reactive ketones (excluding diaryl/α,β-unsaturated/α-hetero) is 4. The van der Waals surface area contributed by atoms with Crippen molar-refractivity contribution in [3.05, 3.63) is 28.8 Å². The van der Waals surface area contributed by atoms with Crippen LogP contribution < -0.4 is 5.73 Å². The fourth-order valence-corrected chi connectivity index (χ4v) is 8.13. The number of rotatable bonds is 5. The Kier molecular flexibility index (Phi) is 8.44. The number of ketones is 4. The van der Waals surface area contributed by atoms with Crippen LogP contribution in [0.5, 0.6) is 5.75 Å². The van der Waals surface area contributed by atoms with E-state index in [1.54, 1.807) is 17.9 Å². The van der Waals surface area contributed by atoms with Gasteiger partial charge in [-0.3, -0.25) is 38.6 Å². The Morgan fingerprint density at radius 1 is 1.11 bits per heavy atom. The fourth-order valence-electron chi connectivity index (χ4n) is 8.13. The molecule has 1 aliphatic heterocycles. The summed E-state index contributed by atoms with van der Waals surface area (Å²) in [6.45, 7) is 2.87. The van der Waals surface area contributed by atoms with Crippen molar-refractivity contribution in [3.8, 4) is 5.75 Å². The Balaban J connectivity index is 1.59. The van der Waals surface area contributed by atoms with Crippen LogP contribution in [-0.2, 0) is 35.3 Å². The average molecular weight is 652 g/mol. The SMILES string of the molecule is CC(=O)O[C@H]1[C@H]2C(C(=O)c3c(ccc(CN4CCC(C(F)(F)F)CC4)c3O)[C@@H]2C)C(=O)[C@]2(O)C(=O)C(C(N)=O)C(=O)[C@@H](N(C)C)[C@H]12. The number of halogens is 3. The summed E-state index contributed by atoms with van der Waals surface area (Å²) in [4.78, 5) is 83.4. The van der Waals surface area contributed by atoms with Gasteiger partial charge in [-0.05, 0) is 51.5 Å². The van der Waals surface area contributed by atoms with Gasteiger partial charge in [0.2, 0.25) is 5.91 Å². The van der Waals surface area contributed by atoms with E-state index in [2.05, 4.69) is 0 Å². The van der Waals surface area contributed by atoms with Crippen LogP contribution in [0, 0.1) is 29.6 Å². The quantitative estimate of drug-likeness (QED) is 0.302. The number of piperidine rings is 1. The van der Waals surface area contributed by atoms with Crippen LogP contribution in [0.25, 0.3) is 0 Å². The molecule has 1 saturated heterocycles. The molecule has 0 spiro atoms. The van der Waals surface area contributed by atoms with E-state index in [0.717, 1.165) is 6.92 Å². The highest BCUT2D eigenvalue weighted by Crippen LogP contribution is 2.55. The maximum absolute atomic E-state index is 14.3. The minimum Gasteiger partial charge on any atom is -0.507 e. The van der Waals surface area contributed by atoms with Crippen LogP contribution in [0.1, 0.15) is 54.1 Å². The van der Waals surface area contributed by atoms with Crippen molar-refractivity contribution in [2.75, 3.05) is 27.2 Å². The van der Waals surface area contributed by atoms with Gasteiger partial charge in [0.15, 0.2) is 34.7 Å². The van der Waals surface area contributed by atoms with E-state index >= 15 is 0 Å². The molecule has 1 aromatic rings. The van der Waals surface area contributed by atoms with Gasteiger partial charge in [0, 0.05) is 24.9 Å². The molecule has 3 aliphatic carbocycles. The Bertz CT molecular complexity index is 1520. The number of ether oxygens (including phenoxy) is 1. The molecular formula is C31H36F3N3O9. The van der Waals surface area contributed by atoms with Gasteiger partial charge in [-0.25, -0.2) is 0 Å². The van der Waals surface area contributed by atoms with E-state index in [9.17, 15) is 52.2 Å². The van der Waals surface area contributed by atoms with E-state index in [1.807, 2.05) is 0 Å². The Labute approximate surface area is 262 Å². The van der Waals surface area contributed by atoms with Crippen molar-refractivity contribution in [2.24, 2.45) is 35.3 Å². The Hall–Kier alpha value is -3.69. The summed E-state index contributed by atoms with van der Waals surface area (Å²) in [7, 11) is 2.82. The van der Waals surface area contributed by atoms with Gasteiger partial charge >= 0.3 is 12.1 Å². The van der Waals surface area contributed by atoms with Gasteiger partial charge < -0.3 is 20.7 Å². The number of phenolic OH excluding ortho intramolecular Hbond substituents is 1. The Morgan fingerprint density at radius 2 is 1.72 bits per heavy atom. The predicted molar refractivity (Wildman–Crippen MR) is 151 cm³/mol. The molecule has 4 aliphatic rings. The van der Waals surface area contributed by atoms with Gasteiger partial charge in [-0.2, -0.15) is 13.2 Å². The lowest BCUT2D eigenvalue weighted by Gasteiger charge is -2.56. The molecule has 46 heavy (non-hydrogen) atoms. The second-order valence-electron chi connectivity index (χ2n) is 13.1. The third-order valence-corrected chi connectivity index (χ3v) is 10.3. The minimum absolute atomic E-state index is 0.0148. The zero-order valence-electron chi connectivity index (χ0n) is 25.7. The maximum atomic E-state index is 14.3. The third kappa shape index (κ3) is 5.03. The lowest BCUT2D eigenvalue weighted by atomic mass is 9.49. The van der Waals surface area contributed by atoms with Crippen LogP contribution >= 0.6 is 0 Å². The lowest BCUT2D eigenvalue weighted by Crippen LogP contribution is -2.78. The predicted octanol–water partition coefficient (Wildman–Crippen LogP) is 0.744. The van der Waals surface area contributed by atoms with Crippen LogP contribution in [0.4, 0.5) is 13.2 Å². The molecule has 12 nitrogen and oxygen atoms in total. The van der Waals surface area contributed by atoms with Crippen LogP contribution in [0.3, 0.4) is 0 Å². The van der Waals surface area contributed by atoms with E-state index in [1.165, 1.54) is 25.1 Å². The highest BCUT2D eigenvalue weighted by atomic mass is 19.4. The second-order valence-corrected chi connectivity index (χ2v) is 13.1. The molecule has 1 amide bonds. The highest BCUT2D eigenvalue weighted by molar-refractivity contribution is 6.32. The van der Waals surface area contributed by atoms with Gasteiger partial charge in [0.25, 0.3) is 0 Å². The topological polar surface area (TPSA) is 185 Å². The molecule has 1 heterocycles. The molecule has 8 atom stereocenters. The number of carbonyl (C=O) groups is 6. The summed E-state index contributed by atoms with van der Waals surface area (Å²) in [5.41, 5.74) is 2.48. The molecule has 3 fully saturated rings. The number of amides is 1. The summed E-state index contributed by atoms with van der Waals surface area (Å²) >= 11 is 0. The van der Waals surface area contributed by atoms with Crippen LogP contribution in [0.15, 0.2) is 12.1 Å². The molecule has 1 aromatic carbocycles. The number of primary amides is 1. The summed E-state index contributed by atoms with van der Waals surface area (Å²) < 4.78 is 45.1. The molecule has 4 N–H and O–H groups in total. The third-order valence-electron chi connectivity index (χ3n) is 10.3. The number of fused-ring (bicyclic) bond motifs is 3. The summed E-state index contributed by atoms with van der Waals surface area (Å²) in [6, 6.07) is 1.59. The molecule has 2 unspecified atom stereocenters. The lowest BCUT2D eigenvalue weighted by molar-refractivity contribution is -0.205. The average Bonchev–Trinajstić information content (AvgIpc) is 2.95. The summed E-state index contributed by atoms with van der Waals surface area (Å²) in [5.74, 6) is -16.7. The number of likely N-dealkylation sites (N-methyl/N-ethyl adjacent to an activating group) is 1. The highest BCUT2D eigenvalue weighted by Gasteiger charge is 2.74. The first-order valence-corrected chi connectivity index (χ1v) is 15.0. The Morgan fingerprint density at radius 3 is 2.24 bits per heavy atom. The van der Waals surface area contributed by atoms with Gasteiger partial charge in [-0.1, -0.05) is 19.1 Å². The zero-order valence-corrected chi connectivity index (χ0v) is 25.7. The number of esters is 1. The number of hydrogen-bond donors (Lipinski definition) is 3. The number of likely N-dealkylation sites (tertiary alicyclic amines) is 1. The van der Waals surface area contributed by atoms with Crippen molar-refractivity contribution >= 4 is 35.0 Å². The second kappa shape index (κ2) is 11.5. The molecular weight excluding hydrogens is 615 g/mol. The first kappa shape index (κ1) is 33.7. The van der Waals surface area contributed by atoms with Gasteiger partial charge in [0.1, 0.15) is 11.9 Å².